The minimum Gasteiger partial charge on any atom is -0.450 e. The molecule has 0 unspecified atom stereocenters. The number of ether oxygens (including phenoxy) is 1. The van der Waals surface area contributed by atoms with Crippen LogP contribution in [-0.2, 0) is 14.3 Å². The van der Waals surface area contributed by atoms with Crippen LogP contribution in [0.4, 0.5) is 4.79 Å². The van der Waals surface area contributed by atoms with E-state index < -0.39 is 0 Å². The van der Waals surface area contributed by atoms with Crippen molar-refractivity contribution in [3.8, 4) is 0 Å². The summed E-state index contributed by atoms with van der Waals surface area (Å²) in [6, 6.07) is 8.79. The lowest BCUT2D eigenvalue weighted by Gasteiger charge is -2.37. The van der Waals surface area contributed by atoms with Gasteiger partial charge in [0.15, 0.2) is 0 Å². The number of carbonyl (C=O) groups excluding carboxylic acids is 4. The van der Waals surface area contributed by atoms with E-state index in [9.17, 15) is 19.2 Å². The van der Waals surface area contributed by atoms with E-state index in [0.717, 1.165) is 25.7 Å². The van der Waals surface area contributed by atoms with Gasteiger partial charge in [0.2, 0.25) is 11.8 Å². The van der Waals surface area contributed by atoms with Crippen molar-refractivity contribution in [1.29, 1.82) is 0 Å². The molecule has 1 aromatic rings. The van der Waals surface area contributed by atoms with Crippen LogP contribution in [0.15, 0.2) is 30.3 Å². The first kappa shape index (κ1) is 24.5. The Hall–Kier alpha value is -3.10. The lowest BCUT2D eigenvalue weighted by Crippen LogP contribution is -2.52. The van der Waals surface area contributed by atoms with Gasteiger partial charge in [-0.25, -0.2) is 4.79 Å². The molecule has 2 fully saturated rings. The van der Waals surface area contributed by atoms with Gasteiger partial charge in [0.25, 0.3) is 5.91 Å². The minimum atomic E-state index is -0.313. The number of amides is 4. The maximum absolute atomic E-state index is 12.9. The molecular weight excluding hydrogens is 424 g/mol. The summed E-state index contributed by atoms with van der Waals surface area (Å²) in [6.45, 7) is 4.73. The zero-order valence-electron chi connectivity index (χ0n) is 19.3. The zero-order valence-corrected chi connectivity index (χ0v) is 19.3. The lowest BCUT2D eigenvalue weighted by molar-refractivity contribution is -0.138. The summed E-state index contributed by atoms with van der Waals surface area (Å²) in [4.78, 5) is 52.3. The van der Waals surface area contributed by atoms with Crippen LogP contribution >= 0.6 is 0 Å². The number of piperazine rings is 1. The highest BCUT2D eigenvalue weighted by Crippen LogP contribution is 2.30. The molecule has 0 aromatic heterocycles. The van der Waals surface area contributed by atoms with Crippen LogP contribution < -0.4 is 10.6 Å². The fourth-order valence-corrected chi connectivity index (χ4v) is 4.37. The number of hydrogen-bond acceptors (Lipinski definition) is 5. The third kappa shape index (κ3) is 7.20. The van der Waals surface area contributed by atoms with Crippen molar-refractivity contribution in [3.63, 3.8) is 0 Å². The van der Waals surface area contributed by atoms with Gasteiger partial charge >= 0.3 is 6.09 Å². The van der Waals surface area contributed by atoms with E-state index in [1.54, 1.807) is 36.1 Å². The average molecular weight is 459 g/mol. The lowest BCUT2D eigenvalue weighted by atomic mass is 9.81. The Morgan fingerprint density at radius 2 is 1.55 bits per heavy atom. The standard InChI is InChI=1S/C24H34N4O5/c1-2-33-24(32)28-14-12-27(13-15-28)23(31)20-10-8-18(9-11-20)16-25-21(29)17-26-22(30)19-6-4-3-5-7-19/h3-7,18,20H,2,8-17H2,1H3,(H,25,29)(H,26,30). The molecule has 1 aromatic carbocycles. The zero-order chi connectivity index (χ0) is 23.6. The highest BCUT2D eigenvalue weighted by Gasteiger charge is 2.32. The van der Waals surface area contributed by atoms with Crippen LogP contribution in [0.5, 0.6) is 0 Å². The van der Waals surface area contributed by atoms with Gasteiger partial charge in [0.05, 0.1) is 13.2 Å². The maximum atomic E-state index is 12.9. The van der Waals surface area contributed by atoms with E-state index >= 15 is 0 Å². The Balaban J connectivity index is 1.31. The molecule has 0 bridgehead atoms. The molecule has 1 saturated heterocycles. The van der Waals surface area contributed by atoms with Crippen molar-refractivity contribution in [2.45, 2.75) is 32.6 Å². The van der Waals surface area contributed by atoms with Crippen molar-refractivity contribution < 1.29 is 23.9 Å². The van der Waals surface area contributed by atoms with Crippen LogP contribution in [0.2, 0.25) is 0 Å². The molecule has 1 heterocycles. The van der Waals surface area contributed by atoms with Crippen LogP contribution in [-0.4, -0.2) is 79.5 Å². The van der Waals surface area contributed by atoms with Gasteiger partial charge in [-0.2, -0.15) is 0 Å². The van der Waals surface area contributed by atoms with E-state index in [1.807, 2.05) is 11.0 Å². The highest BCUT2D eigenvalue weighted by atomic mass is 16.6. The van der Waals surface area contributed by atoms with Crippen molar-refractivity contribution in [2.24, 2.45) is 11.8 Å². The second-order valence-corrected chi connectivity index (χ2v) is 8.58. The molecule has 33 heavy (non-hydrogen) atoms. The van der Waals surface area contributed by atoms with E-state index in [4.69, 9.17) is 4.74 Å². The molecule has 1 aliphatic heterocycles. The van der Waals surface area contributed by atoms with E-state index in [1.165, 1.54) is 0 Å². The normalized spacial score (nSPS) is 20.6. The molecule has 4 amide bonds. The molecule has 180 valence electrons. The maximum Gasteiger partial charge on any atom is 0.409 e. The summed E-state index contributed by atoms with van der Waals surface area (Å²) in [5, 5.41) is 5.52. The second kappa shape index (κ2) is 12.2. The van der Waals surface area contributed by atoms with Gasteiger partial charge in [0, 0.05) is 44.2 Å². The Bertz CT molecular complexity index is 815. The molecule has 0 radical (unpaired) electrons. The summed E-state index contributed by atoms with van der Waals surface area (Å²) < 4.78 is 5.03. The van der Waals surface area contributed by atoms with Gasteiger partial charge in [-0.3, -0.25) is 14.4 Å². The SMILES string of the molecule is CCOC(=O)N1CCN(C(=O)C2CCC(CNC(=O)CNC(=O)c3ccccc3)CC2)CC1. The van der Waals surface area contributed by atoms with Gasteiger partial charge in [0.1, 0.15) is 0 Å². The van der Waals surface area contributed by atoms with Crippen molar-refractivity contribution in [2.75, 3.05) is 45.9 Å². The van der Waals surface area contributed by atoms with Crippen LogP contribution in [0.1, 0.15) is 43.0 Å². The summed E-state index contributed by atoms with van der Waals surface area (Å²) in [5.74, 6) is 0.0363. The van der Waals surface area contributed by atoms with E-state index in [0.29, 0.717) is 50.8 Å². The summed E-state index contributed by atoms with van der Waals surface area (Å²) in [5.41, 5.74) is 0.524. The topological polar surface area (TPSA) is 108 Å². The molecule has 3 rings (SSSR count). The van der Waals surface area contributed by atoms with Crippen molar-refractivity contribution >= 4 is 23.8 Å². The third-order valence-corrected chi connectivity index (χ3v) is 6.35. The second-order valence-electron chi connectivity index (χ2n) is 8.58. The Morgan fingerprint density at radius 1 is 0.909 bits per heavy atom. The Morgan fingerprint density at radius 3 is 2.18 bits per heavy atom. The number of carbonyl (C=O) groups is 4. The fourth-order valence-electron chi connectivity index (χ4n) is 4.37. The number of rotatable bonds is 7. The van der Waals surface area contributed by atoms with E-state index in [-0.39, 0.29) is 36.3 Å². The van der Waals surface area contributed by atoms with Crippen molar-refractivity contribution in [3.05, 3.63) is 35.9 Å². The molecule has 0 spiro atoms. The fraction of sp³-hybridized carbons (Fsp3) is 0.583. The number of benzene rings is 1. The van der Waals surface area contributed by atoms with E-state index in [2.05, 4.69) is 10.6 Å². The quantitative estimate of drug-likeness (QED) is 0.646. The summed E-state index contributed by atoms with van der Waals surface area (Å²) in [6.07, 6.45) is 3.07. The first-order chi connectivity index (χ1) is 16.0. The number of hydrogen-bond donors (Lipinski definition) is 2. The number of nitrogens with zero attached hydrogens (tertiary/aromatic N) is 2. The molecule has 9 heteroatoms. The monoisotopic (exact) mass is 458 g/mol. The first-order valence-corrected chi connectivity index (χ1v) is 11.8. The molecular formula is C24H34N4O5. The minimum absolute atomic E-state index is 0.0104. The first-order valence-electron chi connectivity index (χ1n) is 11.8. The van der Waals surface area contributed by atoms with Gasteiger partial charge in [-0.05, 0) is 50.7 Å². The Labute approximate surface area is 194 Å². The predicted octanol–water partition coefficient (Wildman–Crippen LogP) is 1.64. The highest BCUT2D eigenvalue weighted by molar-refractivity contribution is 5.96. The molecule has 9 nitrogen and oxygen atoms in total. The van der Waals surface area contributed by atoms with Gasteiger partial charge < -0.3 is 25.2 Å². The molecule has 1 saturated carbocycles. The molecule has 2 aliphatic rings. The molecule has 2 N–H and O–H groups in total. The predicted molar refractivity (Wildman–Crippen MR) is 122 cm³/mol. The van der Waals surface area contributed by atoms with Gasteiger partial charge in [-0.15, -0.1) is 0 Å². The molecule has 1 aliphatic carbocycles. The van der Waals surface area contributed by atoms with Crippen LogP contribution in [0.25, 0.3) is 0 Å². The van der Waals surface area contributed by atoms with Crippen LogP contribution in [0, 0.1) is 11.8 Å². The Kier molecular flexibility index (Phi) is 9.09. The van der Waals surface area contributed by atoms with Crippen molar-refractivity contribution in [1.82, 2.24) is 20.4 Å². The molecule has 0 atom stereocenters. The average Bonchev–Trinajstić information content (AvgIpc) is 2.86. The summed E-state index contributed by atoms with van der Waals surface area (Å²) >= 11 is 0. The van der Waals surface area contributed by atoms with Gasteiger partial charge in [-0.1, -0.05) is 18.2 Å². The third-order valence-electron chi connectivity index (χ3n) is 6.35. The largest absolute Gasteiger partial charge is 0.450 e. The smallest absolute Gasteiger partial charge is 0.409 e. The van der Waals surface area contributed by atoms with Crippen LogP contribution in [0.3, 0.4) is 0 Å². The number of nitrogens with one attached hydrogen (secondary N) is 2. The summed E-state index contributed by atoms with van der Waals surface area (Å²) in [7, 11) is 0.